The SMILES string of the molecule is Cc1ccc(C)c(S(=O)(=O)N2CCN(C(=O)C3CC34CCNCC4)CC2)c1. The average Bonchev–Trinajstić information content (AvgIpc) is 3.36. The second-order valence-electron chi connectivity index (χ2n) is 8.37. The Labute approximate surface area is 162 Å². The van der Waals surface area contributed by atoms with Gasteiger partial charge < -0.3 is 10.2 Å². The van der Waals surface area contributed by atoms with E-state index in [1.54, 1.807) is 6.07 Å². The van der Waals surface area contributed by atoms with E-state index in [1.165, 1.54) is 4.31 Å². The summed E-state index contributed by atoms with van der Waals surface area (Å²) in [6.07, 6.45) is 3.18. The largest absolute Gasteiger partial charge is 0.340 e. The minimum absolute atomic E-state index is 0.154. The molecule has 0 bridgehead atoms. The Bertz CT molecular complexity index is 838. The number of piperazine rings is 1. The Morgan fingerprint density at radius 1 is 1.11 bits per heavy atom. The third-order valence-corrected chi connectivity index (χ3v) is 8.64. The summed E-state index contributed by atoms with van der Waals surface area (Å²) in [7, 11) is -3.51. The molecule has 1 N–H and O–H groups in total. The highest BCUT2D eigenvalue weighted by atomic mass is 32.2. The standard InChI is InChI=1S/C20H29N3O3S/c1-15-3-4-16(2)18(13-15)27(25,26)23-11-9-22(10-12-23)19(24)17-14-20(17)5-7-21-8-6-20/h3-4,13,17,21H,5-12,14H2,1-2H3. The molecule has 1 atom stereocenters. The Hall–Kier alpha value is -1.44. The van der Waals surface area contributed by atoms with Gasteiger partial charge in [-0.05, 0) is 68.8 Å². The molecular formula is C20H29N3O3S. The molecular weight excluding hydrogens is 362 g/mol. The lowest BCUT2D eigenvalue weighted by Crippen LogP contribution is -2.51. The van der Waals surface area contributed by atoms with Gasteiger partial charge in [-0.3, -0.25) is 4.79 Å². The van der Waals surface area contributed by atoms with Crippen LogP contribution in [0.5, 0.6) is 0 Å². The van der Waals surface area contributed by atoms with Gasteiger partial charge in [0.1, 0.15) is 0 Å². The zero-order chi connectivity index (χ0) is 19.2. The van der Waals surface area contributed by atoms with Crippen LogP contribution in [0.15, 0.2) is 23.1 Å². The molecule has 1 aromatic carbocycles. The first kappa shape index (κ1) is 18.9. The highest BCUT2D eigenvalue weighted by Gasteiger charge is 2.58. The minimum atomic E-state index is -3.51. The molecule has 3 fully saturated rings. The molecule has 2 heterocycles. The molecule has 1 spiro atoms. The number of piperidine rings is 1. The number of benzene rings is 1. The van der Waals surface area contributed by atoms with Crippen molar-refractivity contribution in [1.82, 2.24) is 14.5 Å². The number of rotatable bonds is 3. The van der Waals surface area contributed by atoms with Gasteiger partial charge in [0.2, 0.25) is 15.9 Å². The maximum Gasteiger partial charge on any atom is 0.243 e. The summed E-state index contributed by atoms with van der Waals surface area (Å²) in [5, 5.41) is 3.37. The van der Waals surface area contributed by atoms with Crippen molar-refractivity contribution in [2.24, 2.45) is 11.3 Å². The van der Waals surface area contributed by atoms with Crippen LogP contribution in [-0.4, -0.2) is 62.8 Å². The highest BCUT2D eigenvalue weighted by Crippen LogP contribution is 2.59. The Kier molecular flexibility index (Phi) is 4.81. The van der Waals surface area contributed by atoms with Gasteiger partial charge in [-0.25, -0.2) is 8.42 Å². The molecule has 2 saturated heterocycles. The number of carbonyl (C=O) groups is 1. The monoisotopic (exact) mass is 391 g/mol. The zero-order valence-electron chi connectivity index (χ0n) is 16.2. The summed E-state index contributed by atoms with van der Waals surface area (Å²) in [5.41, 5.74) is 1.93. The summed E-state index contributed by atoms with van der Waals surface area (Å²) in [4.78, 5) is 15.2. The first-order chi connectivity index (χ1) is 12.8. The molecule has 4 rings (SSSR count). The maximum atomic E-state index is 13.0. The van der Waals surface area contributed by atoms with Crippen LogP contribution in [0.25, 0.3) is 0 Å². The van der Waals surface area contributed by atoms with Gasteiger partial charge in [-0.2, -0.15) is 4.31 Å². The second kappa shape index (κ2) is 6.87. The second-order valence-corrected chi connectivity index (χ2v) is 10.3. The van der Waals surface area contributed by atoms with E-state index in [0.29, 0.717) is 31.1 Å². The van der Waals surface area contributed by atoms with Crippen molar-refractivity contribution in [3.05, 3.63) is 29.3 Å². The maximum absolute atomic E-state index is 13.0. The molecule has 2 aliphatic heterocycles. The molecule has 27 heavy (non-hydrogen) atoms. The average molecular weight is 392 g/mol. The number of carbonyl (C=O) groups excluding carboxylic acids is 1. The molecule has 7 heteroatoms. The molecule has 3 aliphatic rings. The lowest BCUT2D eigenvalue weighted by molar-refractivity contribution is -0.134. The van der Waals surface area contributed by atoms with Crippen LogP contribution in [0.4, 0.5) is 0 Å². The van der Waals surface area contributed by atoms with Gasteiger partial charge in [0.25, 0.3) is 0 Å². The predicted octanol–water partition coefficient (Wildman–Crippen LogP) is 1.53. The number of aryl methyl sites for hydroxylation is 2. The number of nitrogens with one attached hydrogen (secondary N) is 1. The smallest absolute Gasteiger partial charge is 0.243 e. The Morgan fingerprint density at radius 3 is 2.44 bits per heavy atom. The molecule has 1 saturated carbocycles. The van der Waals surface area contributed by atoms with Crippen molar-refractivity contribution in [3.8, 4) is 0 Å². The first-order valence-electron chi connectivity index (χ1n) is 9.90. The zero-order valence-corrected chi connectivity index (χ0v) is 17.0. The first-order valence-corrected chi connectivity index (χ1v) is 11.3. The van der Waals surface area contributed by atoms with Gasteiger partial charge in [0.15, 0.2) is 0 Å². The van der Waals surface area contributed by atoms with Crippen LogP contribution in [-0.2, 0) is 14.8 Å². The van der Waals surface area contributed by atoms with Crippen LogP contribution >= 0.6 is 0 Å². The van der Waals surface area contributed by atoms with Crippen LogP contribution < -0.4 is 5.32 Å². The van der Waals surface area contributed by atoms with Crippen molar-refractivity contribution in [2.45, 2.75) is 38.0 Å². The van der Waals surface area contributed by atoms with E-state index < -0.39 is 10.0 Å². The summed E-state index contributed by atoms with van der Waals surface area (Å²) in [5.74, 6) is 0.391. The number of hydrogen-bond acceptors (Lipinski definition) is 4. The predicted molar refractivity (Wildman–Crippen MR) is 104 cm³/mol. The van der Waals surface area contributed by atoms with E-state index >= 15 is 0 Å². The fourth-order valence-corrected chi connectivity index (χ4v) is 6.40. The molecule has 1 amide bonds. The van der Waals surface area contributed by atoms with Gasteiger partial charge in [0.05, 0.1) is 4.90 Å². The summed E-state index contributed by atoms with van der Waals surface area (Å²) in [6, 6.07) is 5.53. The van der Waals surface area contributed by atoms with E-state index in [9.17, 15) is 13.2 Å². The van der Waals surface area contributed by atoms with E-state index in [4.69, 9.17) is 0 Å². The quantitative estimate of drug-likeness (QED) is 0.848. The number of hydrogen-bond donors (Lipinski definition) is 1. The third kappa shape index (κ3) is 3.41. The lowest BCUT2D eigenvalue weighted by atomic mass is 9.91. The van der Waals surface area contributed by atoms with Crippen molar-refractivity contribution in [3.63, 3.8) is 0 Å². The summed E-state index contributed by atoms with van der Waals surface area (Å²) in [6.45, 7) is 7.49. The normalized spacial score (nSPS) is 25.6. The topological polar surface area (TPSA) is 69.7 Å². The van der Waals surface area contributed by atoms with E-state index in [-0.39, 0.29) is 17.2 Å². The summed E-state index contributed by atoms with van der Waals surface area (Å²) < 4.78 is 27.6. The lowest BCUT2D eigenvalue weighted by Gasteiger charge is -2.35. The molecule has 1 aromatic rings. The van der Waals surface area contributed by atoms with Gasteiger partial charge in [-0.1, -0.05) is 12.1 Å². The van der Waals surface area contributed by atoms with Gasteiger partial charge >= 0.3 is 0 Å². The number of nitrogens with zero attached hydrogens (tertiary/aromatic N) is 2. The Morgan fingerprint density at radius 2 is 1.78 bits per heavy atom. The fourth-order valence-electron chi connectivity index (χ4n) is 4.67. The van der Waals surface area contributed by atoms with Gasteiger partial charge in [0, 0.05) is 32.1 Å². The van der Waals surface area contributed by atoms with Crippen molar-refractivity contribution in [1.29, 1.82) is 0 Å². The molecule has 6 nitrogen and oxygen atoms in total. The fraction of sp³-hybridized carbons (Fsp3) is 0.650. The minimum Gasteiger partial charge on any atom is -0.340 e. The van der Waals surface area contributed by atoms with Crippen molar-refractivity contribution >= 4 is 15.9 Å². The summed E-state index contributed by atoms with van der Waals surface area (Å²) >= 11 is 0. The molecule has 1 unspecified atom stereocenters. The van der Waals surface area contributed by atoms with Crippen LogP contribution in [0.3, 0.4) is 0 Å². The van der Waals surface area contributed by atoms with E-state index in [0.717, 1.165) is 43.5 Å². The van der Waals surface area contributed by atoms with Crippen LogP contribution in [0.2, 0.25) is 0 Å². The third-order valence-electron chi connectivity index (χ3n) is 6.60. The van der Waals surface area contributed by atoms with E-state index in [2.05, 4.69) is 5.32 Å². The van der Waals surface area contributed by atoms with Gasteiger partial charge in [-0.15, -0.1) is 0 Å². The molecule has 0 radical (unpaired) electrons. The van der Waals surface area contributed by atoms with Crippen LogP contribution in [0.1, 0.15) is 30.4 Å². The molecule has 1 aliphatic carbocycles. The van der Waals surface area contributed by atoms with E-state index in [1.807, 2.05) is 30.9 Å². The molecule has 0 aromatic heterocycles. The van der Waals surface area contributed by atoms with Crippen LogP contribution in [0, 0.1) is 25.2 Å². The van der Waals surface area contributed by atoms with Crippen molar-refractivity contribution in [2.75, 3.05) is 39.3 Å². The molecule has 148 valence electrons. The van der Waals surface area contributed by atoms with Crippen molar-refractivity contribution < 1.29 is 13.2 Å². The highest BCUT2D eigenvalue weighted by molar-refractivity contribution is 7.89. The Balaban J connectivity index is 1.40. The number of amides is 1. The number of sulfonamides is 1.